The van der Waals surface area contributed by atoms with Gasteiger partial charge in [0.25, 0.3) is 0 Å². The largest absolute Gasteiger partial charge is 0.461 e. The molecule has 0 aliphatic carbocycles. The van der Waals surface area contributed by atoms with Crippen LogP contribution in [0.3, 0.4) is 0 Å². The number of carbonyl (C=O) groups is 1. The van der Waals surface area contributed by atoms with Crippen LogP contribution in [0, 0.1) is 0 Å². The van der Waals surface area contributed by atoms with Gasteiger partial charge < -0.3 is 14.4 Å². The van der Waals surface area contributed by atoms with E-state index in [0.29, 0.717) is 25.4 Å². The second-order valence-corrected chi connectivity index (χ2v) is 8.51. The fraction of sp³-hybridized carbons (Fsp3) is 0.385. The van der Waals surface area contributed by atoms with Gasteiger partial charge in [0.1, 0.15) is 0 Å². The van der Waals surface area contributed by atoms with Crippen LogP contribution in [0.15, 0.2) is 42.5 Å². The molecule has 4 aromatic rings. The Hall–Kier alpha value is -3.16. The fourth-order valence-corrected chi connectivity index (χ4v) is 5.12. The number of aliphatic hydroxyl groups excluding tert-OH is 1. The molecule has 1 aliphatic rings. The molecule has 3 heterocycles. The lowest BCUT2D eigenvalue weighted by Crippen LogP contribution is -2.31. The van der Waals surface area contributed by atoms with Crippen molar-refractivity contribution in [2.45, 2.75) is 46.4 Å². The first-order valence-corrected chi connectivity index (χ1v) is 11.7. The van der Waals surface area contributed by atoms with Crippen molar-refractivity contribution in [3.8, 4) is 0 Å². The Balaban J connectivity index is 1.45. The number of benzene rings is 2. The van der Waals surface area contributed by atoms with E-state index in [1.165, 1.54) is 27.4 Å². The maximum absolute atomic E-state index is 12.5. The van der Waals surface area contributed by atoms with Crippen molar-refractivity contribution >= 4 is 27.8 Å². The number of hydrogen-bond acceptors (Lipinski definition) is 5. The van der Waals surface area contributed by atoms with Crippen LogP contribution < -0.4 is 0 Å². The van der Waals surface area contributed by atoms with Crippen LogP contribution in [-0.2, 0) is 37.3 Å². The van der Waals surface area contributed by atoms with Gasteiger partial charge in [-0.1, -0.05) is 24.3 Å². The Bertz CT molecular complexity index is 1320. The standard InChI is InChI=1S/C26H30N4O3/c1-3-29-22-8-6-5-7-19(22)20-15-18(9-10-23(20)29)16-28-12-11-24-21(17-28)25(26(32)33-4-2)27-30(24)13-14-31/h5-10,15,31H,3-4,11-14,16-17H2,1-2H3. The monoisotopic (exact) mass is 446 g/mol. The molecule has 7 nitrogen and oxygen atoms in total. The van der Waals surface area contributed by atoms with Gasteiger partial charge in [0, 0.05) is 65.7 Å². The van der Waals surface area contributed by atoms with E-state index in [1.807, 2.05) is 0 Å². The quantitative estimate of drug-likeness (QED) is 0.438. The van der Waals surface area contributed by atoms with Gasteiger partial charge in [-0.3, -0.25) is 9.58 Å². The van der Waals surface area contributed by atoms with Gasteiger partial charge in [-0.2, -0.15) is 5.10 Å². The normalized spacial score (nSPS) is 14.2. The number of esters is 1. The highest BCUT2D eigenvalue weighted by Crippen LogP contribution is 2.31. The van der Waals surface area contributed by atoms with Crippen LogP contribution in [0.4, 0.5) is 0 Å². The summed E-state index contributed by atoms with van der Waals surface area (Å²) in [4.78, 5) is 14.9. The molecule has 2 aromatic heterocycles. The number of aromatic nitrogens is 3. The second-order valence-electron chi connectivity index (χ2n) is 8.51. The molecule has 1 aliphatic heterocycles. The van der Waals surface area contributed by atoms with Crippen molar-refractivity contribution in [1.29, 1.82) is 0 Å². The first-order valence-electron chi connectivity index (χ1n) is 11.7. The van der Waals surface area contributed by atoms with E-state index in [9.17, 15) is 9.90 Å². The van der Waals surface area contributed by atoms with Gasteiger partial charge in [0.2, 0.25) is 0 Å². The van der Waals surface area contributed by atoms with E-state index in [2.05, 4.69) is 64.0 Å². The maximum Gasteiger partial charge on any atom is 0.359 e. The number of ether oxygens (including phenoxy) is 1. The minimum absolute atomic E-state index is 0.00846. The van der Waals surface area contributed by atoms with Gasteiger partial charge in [0.05, 0.1) is 19.8 Å². The molecule has 2 aromatic carbocycles. The van der Waals surface area contributed by atoms with Crippen molar-refractivity contribution in [2.75, 3.05) is 19.8 Å². The molecule has 0 bridgehead atoms. The minimum atomic E-state index is -0.388. The third kappa shape index (κ3) is 3.81. The zero-order valence-corrected chi connectivity index (χ0v) is 19.3. The van der Waals surface area contributed by atoms with Gasteiger partial charge in [-0.25, -0.2) is 4.79 Å². The topological polar surface area (TPSA) is 72.5 Å². The zero-order valence-electron chi connectivity index (χ0n) is 19.3. The summed E-state index contributed by atoms with van der Waals surface area (Å²) in [5.41, 5.74) is 6.13. The number of aliphatic hydroxyl groups is 1. The number of para-hydroxylation sites is 1. The van der Waals surface area contributed by atoms with Crippen molar-refractivity contribution in [2.24, 2.45) is 0 Å². The van der Waals surface area contributed by atoms with E-state index in [1.54, 1.807) is 11.6 Å². The molecule has 0 unspecified atom stereocenters. The van der Waals surface area contributed by atoms with E-state index < -0.39 is 0 Å². The molecule has 1 N–H and O–H groups in total. The van der Waals surface area contributed by atoms with Crippen LogP contribution in [0.2, 0.25) is 0 Å². The molecule has 0 atom stereocenters. The van der Waals surface area contributed by atoms with Gasteiger partial charge in [-0.05, 0) is 37.6 Å². The third-order valence-corrected chi connectivity index (χ3v) is 6.55. The second kappa shape index (κ2) is 9.00. The van der Waals surface area contributed by atoms with Crippen molar-refractivity contribution in [3.05, 3.63) is 65.0 Å². The Labute approximate surface area is 193 Å². The highest BCUT2D eigenvalue weighted by molar-refractivity contribution is 6.08. The molecule has 0 amide bonds. The first-order chi connectivity index (χ1) is 16.1. The Kier molecular flexibility index (Phi) is 5.91. The van der Waals surface area contributed by atoms with Gasteiger partial charge in [-0.15, -0.1) is 0 Å². The highest BCUT2D eigenvalue weighted by Gasteiger charge is 2.28. The van der Waals surface area contributed by atoms with E-state index in [0.717, 1.165) is 37.3 Å². The molecule has 7 heteroatoms. The first kappa shape index (κ1) is 21.7. The van der Waals surface area contributed by atoms with E-state index in [-0.39, 0.29) is 12.6 Å². The predicted molar refractivity (Wildman–Crippen MR) is 128 cm³/mol. The molecule has 5 rings (SSSR count). The lowest BCUT2D eigenvalue weighted by atomic mass is 10.0. The number of fused-ring (bicyclic) bond motifs is 4. The Morgan fingerprint density at radius 2 is 1.94 bits per heavy atom. The van der Waals surface area contributed by atoms with Crippen LogP contribution >= 0.6 is 0 Å². The van der Waals surface area contributed by atoms with Crippen LogP contribution in [0.1, 0.15) is 41.2 Å². The molecule has 0 radical (unpaired) electrons. The van der Waals surface area contributed by atoms with Gasteiger partial charge >= 0.3 is 5.97 Å². The minimum Gasteiger partial charge on any atom is -0.461 e. The number of aryl methyl sites for hydroxylation is 1. The Morgan fingerprint density at radius 3 is 2.73 bits per heavy atom. The van der Waals surface area contributed by atoms with E-state index >= 15 is 0 Å². The lowest BCUT2D eigenvalue weighted by Gasteiger charge is -2.27. The fourth-order valence-electron chi connectivity index (χ4n) is 5.12. The average molecular weight is 447 g/mol. The Morgan fingerprint density at radius 1 is 1.12 bits per heavy atom. The molecule has 0 spiro atoms. The van der Waals surface area contributed by atoms with E-state index in [4.69, 9.17) is 4.74 Å². The summed E-state index contributed by atoms with van der Waals surface area (Å²) in [6, 6.07) is 15.3. The number of hydrogen-bond donors (Lipinski definition) is 1. The highest BCUT2D eigenvalue weighted by atomic mass is 16.5. The molecule has 172 valence electrons. The smallest absolute Gasteiger partial charge is 0.359 e. The number of carbonyl (C=O) groups excluding carboxylic acids is 1. The van der Waals surface area contributed by atoms with Crippen molar-refractivity contribution in [3.63, 3.8) is 0 Å². The SMILES string of the molecule is CCOC(=O)c1nn(CCO)c2c1CN(Cc1ccc3c(c1)c1ccccc1n3CC)CC2. The lowest BCUT2D eigenvalue weighted by molar-refractivity contribution is 0.0515. The zero-order chi connectivity index (χ0) is 22.9. The predicted octanol–water partition coefficient (Wildman–Crippen LogP) is 3.74. The summed E-state index contributed by atoms with van der Waals surface area (Å²) in [7, 11) is 0. The average Bonchev–Trinajstić information content (AvgIpc) is 3.34. The summed E-state index contributed by atoms with van der Waals surface area (Å²) in [6.07, 6.45) is 0.791. The maximum atomic E-state index is 12.5. The molecule has 0 saturated carbocycles. The summed E-state index contributed by atoms with van der Waals surface area (Å²) in [5.74, 6) is -0.388. The molecular formula is C26H30N4O3. The molecule has 0 saturated heterocycles. The molecule has 33 heavy (non-hydrogen) atoms. The molecule has 0 fully saturated rings. The van der Waals surface area contributed by atoms with Crippen LogP contribution in [-0.4, -0.2) is 50.1 Å². The van der Waals surface area contributed by atoms with Crippen molar-refractivity contribution in [1.82, 2.24) is 19.2 Å². The van der Waals surface area contributed by atoms with Crippen LogP contribution in [0.25, 0.3) is 21.8 Å². The number of rotatable bonds is 7. The number of nitrogens with zero attached hydrogens (tertiary/aromatic N) is 4. The summed E-state index contributed by atoms with van der Waals surface area (Å²) in [5, 5.41) is 16.5. The van der Waals surface area contributed by atoms with Crippen molar-refractivity contribution < 1.29 is 14.6 Å². The summed E-state index contributed by atoms with van der Waals surface area (Å²) < 4.78 is 9.38. The third-order valence-electron chi connectivity index (χ3n) is 6.55. The summed E-state index contributed by atoms with van der Waals surface area (Å²) in [6.45, 7) is 7.93. The van der Waals surface area contributed by atoms with Crippen LogP contribution in [0.5, 0.6) is 0 Å². The molecular weight excluding hydrogens is 416 g/mol. The van der Waals surface area contributed by atoms with Gasteiger partial charge in [0.15, 0.2) is 5.69 Å². The summed E-state index contributed by atoms with van der Waals surface area (Å²) >= 11 is 0.